The predicted octanol–water partition coefficient (Wildman–Crippen LogP) is 7.20. The van der Waals surface area contributed by atoms with Crippen molar-refractivity contribution < 1.29 is 31.9 Å². The standard InChI is InChI=1S/C30H27F4N7O3S/c1-4-35-19-6-11-22(17(2)3)25(14-19)41-26(42)15-45-29(41)38-28(43)37-24-12-5-18(13-23(24)31)27-36-16-40(39-27)20-7-9-21(10-8-20)44-30(32,33)34/h5-14,16-17,35H,4,15H2,1-3H3,(H,37,43). The van der Waals surface area contributed by atoms with E-state index < -0.39 is 18.2 Å². The second kappa shape index (κ2) is 13.0. The summed E-state index contributed by atoms with van der Waals surface area (Å²) in [6.45, 7) is 6.65. The molecule has 3 amide bonds. The fraction of sp³-hybridized carbons (Fsp3) is 0.233. The molecule has 0 radical (unpaired) electrons. The Morgan fingerprint density at radius 3 is 2.53 bits per heavy atom. The van der Waals surface area contributed by atoms with E-state index in [1.807, 2.05) is 39.0 Å². The number of urea groups is 1. The molecule has 45 heavy (non-hydrogen) atoms. The fourth-order valence-electron chi connectivity index (χ4n) is 4.53. The SMILES string of the molecule is CCNc1ccc(C(C)C)c(N2C(=O)CSC2=NC(=O)Nc2ccc(-c3ncn(-c4ccc(OC(F)(F)F)cc4)n3)cc2F)c1. The summed E-state index contributed by atoms with van der Waals surface area (Å²) in [7, 11) is 0. The lowest BCUT2D eigenvalue weighted by molar-refractivity contribution is -0.274. The first-order valence-corrected chi connectivity index (χ1v) is 14.7. The average molecular weight is 642 g/mol. The Labute approximate surface area is 259 Å². The van der Waals surface area contributed by atoms with Gasteiger partial charge in [0.15, 0.2) is 11.0 Å². The minimum Gasteiger partial charge on any atom is -0.406 e. The Kier molecular flexibility index (Phi) is 9.09. The summed E-state index contributed by atoms with van der Waals surface area (Å²) in [5.41, 5.74) is 2.89. The van der Waals surface area contributed by atoms with E-state index in [1.165, 1.54) is 40.2 Å². The third-order valence-corrected chi connectivity index (χ3v) is 7.46. The molecular formula is C30H27F4N7O3S. The van der Waals surface area contributed by atoms with Crippen LogP contribution in [0.2, 0.25) is 0 Å². The summed E-state index contributed by atoms with van der Waals surface area (Å²) in [5, 5.41) is 10.1. The third kappa shape index (κ3) is 7.42. The lowest BCUT2D eigenvalue weighted by Crippen LogP contribution is -2.31. The molecule has 2 heterocycles. The second-order valence-corrected chi connectivity index (χ2v) is 11.0. The number of hydrogen-bond acceptors (Lipinski definition) is 7. The van der Waals surface area contributed by atoms with Gasteiger partial charge in [-0.25, -0.2) is 18.9 Å². The van der Waals surface area contributed by atoms with Gasteiger partial charge in [-0.3, -0.25) is 9.69 Å². The molecule has 1 saturated heterocycles. The number of hydrogen-bond donors (Lipinski definition) is 2. The molecule has 0 spiro atoms. The van der Waals surface area contributed by atoms with Crippen molar-refractivity contribution >= 4 is 45.9 Å². The number of amidine groups is 1. The Bertz CT molecular complexity index is 1760. The Balaban J connectivity index is 1.31. The van der Waals surface area contributed by atoms with E-state index in [4.69, 9.17) is 0 Å². The van der Waals surface area contributed by atoms with Crippen LogP contribution in [0.15, 0.2) is 72.0 Å². The van der Waals surface area contributed by atoms with Crippen molar-refractivity contribution in [2.45, 2.75) is 33.1 Å². The molecule has 234 valence electrons. The van der Waals surface area contributed by atoms with Crippen LogP contribution in [0.4, 0.5) is 39.4 Å². The van der Waals surface area contributed by atoms with E-state index in [-0.39, 0.29) is 45.6 Å². The van der Waals surface area contributed by atoms with Gasteiger partial charge in [-0.1, -0.05) is 31.7 Å². The van der Waals surface area contributed by atoms with Crippen molar-refractivity contribution in [1.82, 2.24) is 14.8 Å². The first-order valence-electron chi connectivity index (χ1n) is 13.7. The van der Waals surface area contributed by atoms with Crippen LogP contribution in [0.3, 0.4) is 0 Å². The first-order chi connectivity index (χ1) is 21.4. The highest BCUT2D eigenvalue weighted by Gasteiger charge is 2.33. The van der Waals surface area contributed by atoms with Crippen molar-refractivity contribution in [2.75, 3.05) is 27.8 Å². The van der Waals surface area contributed by atoms with Gasteiger partial charge in [0.2, 0.25) is 5.91 Å². The maximum atomic E-state index is 15.1. The van der Waals surface area contributed by atoms with Gasteiger partial charge in [-0.2, -0.15) is 4.99 Å². The number of rotatable bonds is 8. The molecule has 1 fully saturated rings. The minimum atomic E-state index is -4.81. The molecule has 1 aromatic heterocycles. The van der Waals surface area contributed by atoms with Gasteiger partial charge in [0, 0.05) is 17.8 Å². The molecule has 0 saturated carbocycles. The van der Waals surface area contributed by atoms with Crippen molar-refractivity contribution in [3.05, 3.63) is 78.4 Å². The molecule has 0 aliphatic carbocycles. The summed E-state index contributed by atoms with van der Waals surface area (Å²) >= 11 is 1.11. The van der Waals surface area contributed by atoms with Gasteiger partial charge in [0.05, 0.1) is 22.8 Å². The maximum absolute atomic E-state index is 15.1. The van der Waals surface area contributed by atoms with E-state index >= 15 is 4.39 Å². The van der Waals surface area contributed by atoms with Crippen LogP contribution in [0.25, 0.3) is 17.1 Å². The van der Waals surface area contributed by atoms with Gasteiger partial charge >= 0.3 is 12.4 Å². The number of thioether (sulfide) groups is 1. The molecule has 15 heteroatoms. The molecular weight excluding hydrogens is 614 g/mol. The Morgan fingerprint density at radius 1 is 1.11 bits per heavy atom. The minimum absolute atomic E-state index is 0.0936. The second-order valence-electron chi connectivity index (χ2n) is 10.1. The van der Waals surface area contributed by atoms with E-state index in [9.17, 15) is 22.8 Å². The molecule has 1 aliphatic heterocycles. The van der Waals surface area contributed by atoms with E-state index in [1.54, 1.807) is 0 Å². The smallest absolute Gasteiger partial charge is 0.406 e. The first kappa shape index (κ1) is 31.5. The molecule has 5 rings (SSSR count). The van der Waals surface area contributed by atoms with Crippen LogP contribution in [0.5, 0.6) is 5.75 Å². The zero-order valence-electron chi connectivity index (χ0n) is 24.2. The number of carbonyl (C=O) groups excluding carboxylic acids is 2. The van der Waals surface area contributed by atoms with Crippen LogP contribution in [-0.2, 0) is 4.79 Å². The van der Waals surface area contributed by atoms with Crippen molar-refractivity contribution in [1.29, 1.82) is 0 Å². The molecule has 1 aliphatic rings. The molecule has 2 N–H and O–H groups in total. The van der Waals surface area contributed by atoms with Gasteiger partial charge in [-0.15, -0.1) is 18.3 Å². The number of aromatic nitrogens is 3. The number of halogens is 4. The largest absolute Gasteiger partial charge is 0.573 e. The average Bonchev–Trinajstić information content (AvgIpc) is 3.61. The lowest BCUT2D eigenvalue weighted by Gasteiger charge is -2.22. The van der Waals surface area contributed by atoms with Gasteiger partial charge < -0.3 is 15.4 Å². The highest BCUT2D eigenvalue weighted by atomic mass is 32.2. The van der Waals surface area contributed by atoms with Crippen molar-refractivity contribution in [3.63, 3.8) is 0 Å². The number of anilines is 3. The van der Waals surface area contributed by atoms with Gasteiger partial charge in [-0.05, 0) is 73.0 Å². The highest BCUT2D eigenvalue weighted by Crippen LogP contribution is 2.35. The topological polar surface area (TPSA) is 114 Å². The summed E-state index contributed by atoms with van der Waals surface area (Å²) in [6, 6.07) is 13.8. The van der Waals surface area contributed by atoms with Crippen LogP contribution in [0.1, 0.15) is 32.3 Å². The number of ether oxygens (including phenoxy) is 1. The van der Waals surface area contributed by atoms with E-state index in [0.717, 1.165) is 41.2 Å². The number of aliphatic imine (C=N–C) groups is 1. The predicted molar refractivity (Wildman–Crippen MR) is 165 cm³/mol. The molecule has 0 atom stereocenters. The number of nitrogens with one attached hydrogen (secondary N) is 2. The van der Waals surface area contributed by atoms with Gasteiger partial charge in [0.25, 0.3) is 0 Å². The number of benzene rings is 3. The number of carbonyl (C=O) groups is 2. The van der Waals surface area contributed by atoms with E-state index in [2.05, 4.69) is 30.4 Å². The summed E-state index contributed by atoms with van der Waals surface area (Å²) in [5.74, 6) is -1.06. The Morgan fingerprint density at radius 2 is 1.87 bits per heavy atom. The quantitative estimate of drug-likeness (QED) is 0.196. The number of amides is 3. The monoisotopic (exact) mass is 641 g/mol. The molecule has 10 nitrogen and oxygen atoms in total. The fourth-order valence-corrected chi connectivity index (χ4v) is 5.39. The summed E-state index contributed by atoms with van der Waals surface area (Å²) < 4.78 is 57.5. The van der Waals surface area contributed by atoms with Crippen LogP contribution in [-0.4, -0.2) is 50.5 Å². The van der Waals surface area contributed by atoms with Crippen molar-refractivity contribution in [3.8, 4) is 22.8 Å². The normalized spacial score (nSPS) is 14.4. The molecule has 0 bridgehead atoms. The highest BCUT2D eigenvalue weighted by molar-refractivity contribution is 8.15. The maximum Gasteiger partial charge on any atom is 0.573 e. The van der Waals surface area contributed by atoms with Crippen LogP contribution >= 0.6 is 11.8 Å². The zero-order valence-corrected chi connectivity index (χ0v) is 25.0. The molecule has 4 aromatic rings. The third-order valence-electron chi connectivity index (χ3n) is 6.53. The van der Waals surface area contributed by atoms with Crippen LogP contribution in [0, 0.1) is 5.82 Å². The van der Waals surface area contributed by atoms with Crippen LogP contribution < -0.4 is 20.3 Å². The zero-order chi connectivity index (χ0) is 32.3. The lowest BCUT2D eigenvalue weighted by atomic mass is 10.00. The number of nitrogens with zero attached hydrogens (tertiary/aromatic N) is 5. The van der Waals surface area contributed by atoms with Crippen molar-refractivity contribution in [2.24, 2.45) is 4.99 Å². The van der Waals surface area contributed by atoms with E-state index in [0.29, 0.717) is 17.9 Å². The molecule has 3 aromatic carbocycles. The molecule has 0 unspecified atom stereocenters. The Hall–Kier alpha value is -4.92. The summed E-state index contributed by atoms with van der Waals surface area (Å²) in [6.07, 6.45) is -3.49. The summed E-state index contributed by atoms with van der Waals surface area (Å²) in [4.78, 5) is 35.4. The van der Waals surface area contributed by atoms with Gasteiger partial charge in [0.1, 0.15) is 17.9 Å². The number of alkyl halides is 3.